The van der Waals surface area contributed by atoms with Crippen LogP contribution in [0.5, 0.6) is 0 Å². The zero-order valence-corrected chi connectivity index (χ0v) is 38.6. The van der Waals surface area contributed by atoms with Crippen molar-refractivity contribution in [3.63, 3.8) is 0 Å². The van der Waals surface area contributed by atoms with Gasteiger partial charge in [0.25, 0.3) is 0 Å². The largest absolute Gasteiger partial charge is 0.436 e. The van der Waals surface area contributed by atoms with Gasteiger partial charge in [0.05, 0.1) is 11.9 Å². The normalized spacial score (nSPS) is 22.3. The Morgan fingerprint density at radius 2 is 1.05 bits per heavy atom. The van der Waals surface area contributed by atoms with E-state index in [1.807, 2.05) is 27.7 Å². The Bertz CT molecular complexity index is 1100. The highest BCUT2D eigenvalue weighted by molar-refractivity contribution is 8.01. The molecule has 338 valence electrons. The lowest BCUT2D eigenvalue weighted by molar-refractivity contribution is -0.397. The Hall–Kier alpha value is -2.38. The Kier molecular flexibility index (Phi) is 35.6. The molecular formula is C40H77NO15S. The molecule has 57 heavy (non-hydrogen) atoms. The summed E-state index contributed by atoms with van der Waals surface area (Å²) in [5.74, 6) is -3.31. The fourth-order valence-electron chi connectivity index (χ4n) is 4.33. The van der Waals surface area contributed by atoms with E-state index >= 15 is 0 Å². The van der Waals surface area contributed by atoms with E-state index in [9.17, 15) is 24.0 Å². The van der Waals surface area contributed by atoms with Crippen molar-refractivity contribution >= 4 is 41.4 Å². The first-order valence-corrected chi connectivity index (χ1v) is 21.4. The number of thioether (sulfide) groups is 1. The van der Waals surface area contributed by atoms with Crippen LogP contribution < -0.4 is 5.73 Å². The number of ether oxygens (including phenoxy) is 10. The quantitative estimate of drug-likeness (QED) is 0.0638. The second-order valence-corrected chi connectivity index (χ2v) is 14.0. The second kappa shape index (κ2) is 34.5. The number of nitrogens with two attached hydrogens (primary N) is 1. The van der Waals surface area contributed by atoms with Crippen molar-refractivity contribution in [1.82, 2.24) is 0 Å². The molecule has 0 bridgehead atoms. The SMILES string of the molecule is CC.CC.CCCC.CCOC1C(OC(C)OC(=O)C(C)SC(C)C(C)=O)OC(OC(C)OC(=O)C(C)N)C(OC(C)OC(=O)CC)C1COC(C)OC(=O)CC. The summed E-state index contributed by atoms with van der Waals surface area (Å²) in [6.07, 6.45) is -6.40. The second-order valence-electron chi connectivity index (χ2n) is 12.3. The lowest BCUT2D eigenvalue weighted by Gasteiger charge is -2.46. The van der Waals surface area contributed by atoms with Crippen molar-refractivity contribution in [2.24, 2.45) is 11.7 Å². The predicted octanol–water partition coefficient (Wildman–Crippen LogP) is 6.81. The third-order valence-corrected chi connectivity index (χ3v) is 8.79. The molecule has 0 aromatic rings. The number of Topliss-reactive ketones (excluding diaryl/α,β-unsaturated/α-hetero) is 1. The van der Waals surface area contributed by atoms with Crippen LogP contribution in [-0.2, 0) is 71.3 Å². The molecule has 0 saturated carbocycles. The van der Waals surface area contributed by atoms with Crippen molar-refractivity contribution in [2.45, 2.75) is 210 Å². The molecule has 1 rings (SSSR count). The van der Waals surface area contributed by atoms with E-state index in [-0.39, 0.29) is 31.8 Å². The summed E-state index contributed by atoms with van der Waals surface area (Å²) in [5, 5.41) is -1.11. The van der Waals surface area contributed by atoms with Gasteiger partial charge < -0.3 is 53.1 Å². The minimum absolute atomic E-state index is 0.0847. The summed E-state index contributed by atoms with van der Waals surface area (Å²) >= 11 is 1.14. The summed E-state index contributed by atoms with van der Waals surface area (Å²) in [4.78, 5) is 60.8. The van der Waals surface area contributed by atoms with Gasteiger partial charge in [-0.2, -0.15) is 0 Å². The molecule has 0 spiro atoms. The van der Waals surface area contributed by atoms with Crippen molar-refractivity contribution in [1.29, 1.82) is 0 Å². The standard InChI is InChI=1S/C32H55NO15S.C4H10.2C2H6/c1-12-25(35)41-20(8)40-15-24-27(39-14-3)31(46-23(11)45-30(38)19(7)49-18(6)17(5)34)48-32(47-22(10)44-29(37)16(4)33)28(24)43-21(9)42-26(36)13-2;1-3-4-2;2*1-2/h16,18-24,27-28,31-32H,12-15,33H2,1-11H3;3-4H2,1-2H3;2*1-2H3. The van der Waals surface area contributed by atoms with Gasteiger partial charge in [-0.25, -0.2) is 0 Å². The lowest BCUT2D eigenvalue weighted by atomic mass is 9.92. The molecule has 0 aromatic heterocycles. The molecular weight excluding hydrogens is 766 g/mol. The smallest absolute Gasteiger partial charge is 0.324 e. The zero-order chi connectivity index (χ0) is 44.8. The maximum Gasteiger partial charge on any atom is 0.324 e. The highest BCUT2D eigenvalue weighted by Gasteiger charge is 2.51. The molecule has 1 fully saturated rings. The third-order valence-electron chi connectivity index (χ3n) is 7.45. The summed E-state index contributed by atoms with van der Waals surface area (Å²) in [6.45, 7) is 29.5. The van der Waals surface area contributed by atoms with Crippen LogP contribution in [0.25, 0.3) is 0 Å². The highest BCUT2D eigenvalue weighted by atomic mass is 32.2. The van der Waals surface area contributed by atoms with Crippen LogP contribution in [0.15, 0.2) is 0 Å². The Morgan fingerprint density at radius 1 is 0.614 bits per heavy atom. The lowest BCUT2D eigenvalue weighted by Crippen LogP contribution is -2.61. The molecule has 1 aliphatic rings. The number of carbonyl (C=O) groups excluding carboxylic acids is 5. The van der Waals surface area contributed by atoms with Crippen molar-refractivity contribution < 1.29 is 71.3 Å². The van der Waals surface area contributed by atoms with E-state index in [2.05, 4.69) is 13.8 Å². The fraction of sp³-hybridized carbons (Fsp3) is 0.875. The predicted molar refractivity (Wildman–Crippen MR) is 217 cm³/mol. The number of hydrogen-bond acceptors (Lipinski definition) is 17. The van der Waals surface area contributed by atoms with Crippen molar-refractivity contribution in [3.05, 3.63) is 0 Å². The van der Waals surface area contributed by atoms with Gasteiger partial charge in [0.2, 0.25) is 18.9 Å². The van der Waals surface area contributed by atoms with E-state index in [0.717, 1.165) is 11.8 Å². The molecule has 12 unspecified atom stereocenters. The first-order chi connectivity index (χ1) is 26.8. The number of rotatable bonds is 23. The molecule has 0 amide bonds. The van der Waals surface area contributed by atoms with Gasteiger partial charge in [-0.1, -0.05) is 68.2 Å². The van der Waals surface area contributed by atoms with Gasteiger partial charge in [-0.05, 0) is 62.3 Å². The first-order valence-electron chi connectivity index (χ1n) is 20.4. The van der Waals surface area contributed by atoms with Gasteiger partial charge in [0.15, 0.2) is 18.9 Å². The summed E-state index contributed by atoms with van der Waals surface area (Å²) < 4.78 is 57.8. The minimum Gasteiger partial charge on any atom is -0.436 e. The van der Waals surface area contributed by atoms with Crippen LogP contribution in [0, 0.1) is 5.92 Å². The van der Waals surface area contributed by atoms with Crippen LogP contribution in [-0.4, -0.2) is 109 Å². The van der Waals surface area contributed by atoms with E-state index in [1.165, 1.54) is 54.4 Å². The zero-order valence-electron chi connectivity index (χ0n) is 37.8. The average molecular weight is 844 g/mol. The third kappa shape index (κ3) is 25.7. The van der Waals surface area contributed by atoms with Crippen LogP contribution in [0.4, 0.5) is 0 Å². The number of unbranched alkanes of at least 4 members (excludes halogenated alkanes) is 1. The van der Waals surface area contributed by atoms with Crippen LogP contribution in [0.2, 0.25) is 0 Å². The van der Waals surface area contributed by atoms with Crippen molar-refractivity contribution in [2.75, 3.05) is 13.2 Å². The van der Waals surface area contributed by atoms with Crippen molar-refractivity contribution in [3.8, 4) is 0 Å². The monoisotopic (exact) mass is 844 g/mol. The highest BCUT2D eigenvalue weighted by Crippen LogP contribution is 2.35. The maximum absolute atomic E-state index is 12.9. The Labute approximate surface area is 346 Å². The number of esters is 4. The molecule has 16 nitrogen and oxygen atoms in total. The van der Waals surface area contributed by atoms with Crippen LogP contribution in [0.1, 0.15) is 143 Å². The maximum atomic E-state index is 12.9. The first kappa shape index (κ1) is 58.9. The molecule has 0 aromatic carbocycles. The Balaban J connectivity index is -0.00000336. The molecule has 0 radical (unpaired) electrons. The Morgan fingerprint density at radius 3 is 1.47 bits per heavy atom. The van der Waals surface area contributed by atoms with E-state index in [4.69, 9.17) is 53.1 Å². The molecule has 1 heterocycles. The van der Waals surface area contributed by atoms with Gasteiger partial charge in [-0.15, -0.1) is 11.8 Å². The van der Waals surface area contributed by atoms with Gasteiger partial charge in [0.1, 0.15) is 29.3 Å². The van der Waals surface area contributed by atoms with Gasteiger partial charge in [0, 0.05) is 25.4 Å². The topological polar surface area (TPSA) is 204 Å². The minimum atomic E-state index is -1.38. The molecule has 17 heteroatoms. The van der Waals surface area contributed by atoms with Crippen LogP contribution >= 0.6 is 11.8 Å². The van der Waals surface area contributed by atoms with E-state index < -0.39 is 96.3 Å². The fourth-order valence-corrected chi connectivity index (χ4v) is 5.30. The molecule has 1 saturated heterocycles. The molecule has 12 atom stereocenters. The molecule has 1 aliphatic heterocycles. The van der Waals surface area contributed by atoms with E-state index in [0.29, 0.717) is 0 Å². The summed E-state index contributed by atoms with van der Waals surface area (Å²) in [5.41, 5.74) is 5.65. The van der Waals surface area contributed by atoms with Gasteiger partial charge in [-0.3, -0.25) is 24.0 Å². The number of carbonyl (C=O) groups is 5. The van der Waals surface area contributed by atoms with Crippen LogP contribution in [0.3, 0.4) is 0 Å². The number of hydrogen-bond donors (Lipinski definition) is 1. The average Bonchev–Trinajstić information content (AvgIpc) is 3.17. The molecule has 0 aliphatic carbocycles. The summed E-state index contributed by atoms with van der Waals surface area (Å²) in [7, 11) is 0. The molecule has 2 N–H and O–H groups in total. The summed E-state index contributed by atoms with van der Waals surface area (Å²) in [6, 6.07) is -0.944. The van der Waals surface area contributed by atoms with Gasteiger partial charge >= 0.3 is 23.9 Å². The van der Waals surface area contributed by atoms with E-state index in [1.54, 1.807) is 34.6 Å². The number of ketones is 1.